The van der Waals surface area contributed by atoms with Crippen LogP contribution in [-0.2, 0) is 6.42 Å². The molecule has 0 unspecified atom stereocenters. The molecule has 13 rings (SSSR count). The molecule has 0 spiro atoms. The molecule has 0 atom stereocenters. The Morgan fingerprint density at radius 1 is 0.419 bits per heavy atom. The first-order valence-electron chi connectivity index (χ1n) is 21.5. The van der Waals surface area contributed by atoms with Crippen molar-refractivity contribution in [1.29, 1.82) is 0 Å². The predicted molar refractivity (Wildman–Crippen MR) is 259 cm³/mol. The Kier molecular flexibility index (Phi) is 7.70. The van der Waals surface area contributed by atoms with Crippen molar-refractivity contribution in [2.75, 3.05) is 0 Å². The van der Waals surface area contributed by atoms with Gasteiger partial charge < -0.3 is 4.57 Å². The van der Waals surface area contributed by atoms with E-state index in [0.29, 0.717) is 5.95 Å². The molecule has 1 aliphatic carbocycles. The van der Waals surface area contributed by atoms with Crippen LogP contribution in [0.4, 0.5) is 0 Å². The first-order valence-corrected chi connectivity index (χ1v) is 21.5. The Labute approximate surface area is 358 Å². The number of benzene rings is 9. The quantitative estimate of drug-likeness (QED) is 0.174. The van der Waals surface area contributed by atoms with E-state index in [1.54, 1.807) is 0 Å². The number of aromatic nitrogens is 4. The minimum Gasteiger partial charge on any atom is -0.309 e. The van der Waals surface area contributed by atoms with Gasteiger partial charge in [-0.3, -0.25) is 4.57 Å². The van der Waals surface area contributed by atoms with Gasteiger partial charge in [0.2, 0.25) is 5.95 Å². The van der Waals surface area contributed by atoms with Crippen molar-refractivity contribution < 1.29 is 0 Å². The summed E-state index contributed by atoms with van der Waals surface area (Å²) >= 11 is 0. The van der Waals surface area contributed by atoms with Gasteiger partial charge in [-0.05, 0) is 112 Å². The molecule has 0 N–H and O–H groups in total. The van der Waals surface area contributed by atoms with Gasteiger partial charge in [-0.25, -0.2) is 9.97 Å². The second kappa shape index (κ2) is 13.7. The highest BCUT2D eigenvalue weighted by atomic mass is 15.2. The maximum Gasteiger partial charge on any atom is 0.235 e. The Bertz CT molecular complexity index is 3800. The maximum atomic E-state index is 5.59. The van der Waals surface area contributed by atoms with Gasteiger partial charge in [-0.1, -0.05) is 152 Å². The molecule has 0 amide bonds. The molecular weight excluding hydrogens is 753 g/mol. The Morgan fingerprint density at radius 3 is 1.90 bits per heavy atom. The second-order valence-electron chi connectivity index (χ2n) is 16.4. The van der Waals surface area contributed by atoms with Gasteiger partial charge in [0.1, 0.15) is 0 Å². The lowest BCUT2D eigenvalue weighted by Gasteiger charge is -2.20. The molecule has 4 heteroatoms. The average molecular weight is 791 g/mol. The summed E-state index contributed by atoms with van der Waals surface area (Å²) in [5, 5.41) is 8.32. The van der Waals surface area contributed by atoms with Gasteiger partial charge in [-0.15, -0.1) is 0 Å². The van der Waals surface area contributed by atoms with Gasteiger partial charge in [0, 0.05) is 38.2 Å². The zero-order valence-corrected chi connectivity index (χ0v) is 33.8. The van der Waals surface area contributed by atoms with Crippen molar-refractivity contribution in [2.24, 2.45) is 0 Å². The molecular formula is C58H38N4. The fraction of sp³-hybridized carbons (Fsp3) is 0.0345. The number of para-hydroxylation sites is 3. The zero-order chi connectivity index (χ0) is 40.7. The van der Waals surface area contributed by atoms with Gasteiger partial charge in [0.05, 0.1) is 33.3 Å². The minimum absolute atomic E-state index is 0.664. The number of allylic oxidation sites excluding steroid dienone is 1. The molecule has 0 saturated heterocycles. The number of nitrogens with zero attached hydrogens (tertiary/aromatic N) is 4. The lowest BCUT2D eigenvalue weighted by atomic mass is 9.85. The predicted octanol–water partition coefficient (Wildman–Crippen LogP) is 14.9. The van der Waals surface area contributed by atoms with E-state index in [0.717, 1.165) is 51.7 Å². The summed E-state index contributed by atoms with van der Waals surface area (Å²) in [7, 11) is 0. The fourth-order valence-electron chi connectivity index (χ4n) is 10.2. The van der Waals surface area contributed by atoms with Crippen LogP contribution in [0, 0.1) is 0 Å². The van der Waals surface area contributed by atoms with Crippen LogP contribution in [0.5, 0.6) is 0 Å². The third-order valence-electron chi connectivity index (χ3n) is 13.0. The molecule has 0 radical (unpaired) electrons. The number of fused-ring (bicyclic) bond motifs is 10. The van der Waals surface area contributed by atoms with Crippen LogP contribution in [0.1, 0.15) is 17.5 Å². The van der Waals surface area contributed by atoms with E-state index in [2.05, 4.69) is 215 Å². The van der Waals surface area contributed by atoms with Crippen LogP contribution in [0.25, 0.3) is 117 Å². The molecule has 0 aliphatic heterocycles. The van der Waals surface area contributed by atoms with Crippen molar-refractivity contribution in [3.63, 3.8) is 0 Å². The highest BCUT2D eigenvalue weighted by molar-refractivity contribution is 6.22. The summed E-state index contributed by atoms with van der Waals surface area (Å²) in [6, 6.07) is 70.2. The molecule has 0 saturated carbocycles. The van der Waals surface area contributed by atoms with Crippen LogP contribution in [0.15, 0.2) is 200 Å². The van der Waals surface area contributed by atoms with Gasteiger partial charge in [-0.2, -0.15) is 0 Å². The molecule has 1 aliphatic rings. The summed E-state index contributed by atoms with van der Waals surface area (Å²) < 4.78 is 4.66. The molecule has 290 valence electrons. The van der Waals surface area contributed by atoms with Crippen LogP contribution >= 0.6 is 0 Å². The van der Waals surface area contributed by atoms with E-state index in [1.165, 1.54) is 76.7 Å². The average Bonchev–Trinajstić information content (AvgIpc) is 3.86. The van der Waals surface area contributed by atoms with E-state index in [1.807, 2.05) is 0 Å². The lowest BCUT2D eigenvalue weighted by molar-refractivity contribution is 0.985. The molecule has 0 fully saturated rings. The van der Waals surface area contributed by atoms with Crippen molar-refractivity contribution in [3.8, 4) is 45.1 Å². The van der Waals surface area contributed by atoms with E-state index < -0.39 is 0 Å². The normalized spacial score (nSPS) is 12.6. The largest absolute Gasteiger partial charge is 0.309 e. The third-order valence-corrected chi connectivity index (χ3v) is 13.0. The smallest absolute Gasteiger partial charge is 0.235 e. The molecule has 9 aromatic carbocycles. The highest BCUT2D eigenvalue weighted by Gasteiger charge is 2.23. The number of hydrogen-bond donors (Lipinski definition) is 0. The molecule has 12 aromatic rings. The first kappa shape index (κ1) is 34.8. The summed E-state index contributed by atoms with van der Waals surface area (Å²) in [6.07, 6.45) is 6.62. The van der Waals surface area contributed by atoms with Crippen molar-refractivity contribution in [1.82, 2.24) is 19.1 Å². The van der Waals surface area contributed by atoms with Crippen LogP contribution in [0.3, 0.4) is 0 Å². The monoisotopic (exact) mass is 790 g/mol. The summed E-state index contributed by atoms with van der Waals surface area (Å²) in [5.74, 6) is 0.664. The SMILES string of the molecule is C1=Cc2c(-c3nc(-n4c5ccc(-c6ccc7c(c6)c6ccccc6n7-c6ccccc6)cc5c5c6ccccc6ccc54)nc4ccccc34)ccc(-c3ccccc3)c2CC1. The lowest BCUT2D eigenvalue weighted by Crippen LogP contribution is -2.05. The van der Waals surface area contributed by atoms with Crippen LogP contribution in [0.2, 0.25) is 0 Å². The van der Waals surface area contributed by atoms with E-state index in [9.17, 15) is 0 Å². The van der Waals surface area contributed by atoms with E-state index in [4.69, 9.17) is 9.97 Å². The second-order valence-corrected chi connectivity index (χ2v) is 16.4. The van der Waals surface area contributed by atoms with Crippen molar-refractivity contribution in [2.45, 2.75) is 12.8 Å². The highest BCUT2D eigenvalue weighted by Crippen LogP contribution is 2.43. The van der Waals surface area contributed by atoms with Crippen LogP contribution < -0.4 is 0 Å². The maximum absolute atomic E-state index is 5.59. The topological polar surface area (TPSA) is 35.6 Å². The molecule has 3 aromatic heterocycles. The standard InChI is InChI=1S/C58H38N4/c1-3-15-37(16-4-1)42-30-31-47(45-22-10-9-21-44(42)45)57-48-24-11-13-25-51(48)59-58(60-57)62-54-33-29-40(36-50(54)56-43-20-8-7-17-38(43)27-34-55(56)62)39-28-32-53-49(35-39)46-23-12-14-26-52(46)61(53)41-18-5-2-6-19-41/h1-8,10-20,22-36H,9,21H2. The van der Waals surface area contributed by atoms with E-state index >= 15 is 0 Å². The Morgan fingerprint density at radius 2 is 1.06 bits per heavy atom. The number of rotatable bonds is 5. The zero-order valence-electron chi connectivity index (χ0n) is 33.8. The number of hydrogen-bond acceptors (Lipinski definition) is 2. The summed E-state index contributed by atoms with van der Waals surface area (Å²) in [6.45, 7) is 0. The molecule has 0 bridgehead atoms. The molecule has 3 heterocycles. The van der Waals surface area contributed by atoms with Gasteiger partial charge in [0.15, 0.2) is 0 Å². The summed E-state index contributed by atoms with van der Waals surface area (Å²) in [5.41, 5.74) is 16.2. The molecule has 4 nitrogen and oxygen atoms in total. The van der Waals surface area contributed by atoms with Gasteiger partial charge in [0.25, 0.3) is 0 Å². The fourth-order valence-corrected chi connectivity index (χ4v) is 10.2. The van der Waals surface area contributed by atoms with Crippen molar-refractivity contribution >= 4 is 71.4 Å². The summed E-state index contributed by atoms with van der Waals surface area (Å²) in [4.78, 5) is 11.0. The van der Waals surface area contributed by atoms with Crippen LogP contribution in [-0.4, -0.2) is 19.1 Å². The third kappa shape index (κ3) is 5.26. The Hall–Kier alpha value is -8.08. The molecule has 62 heavy (non-hydrogen) atoms. The van der Waals surface area contributed by atoms with E-state index in [-0.39, 0.29) is 0 Å². The first-order chi connectivity index (χ1) is 30.8. The Balaban J connectivity index is 1.04. The minimum atomic E-state index is 0.664. The van der Waals surface area contributed by atoms with Gasteiger partial charge >= 0.3 is 0 Å². The van der Waals surface area contributed by atoms with Crippen molar-refractivity contribution in [3.05, 3.63) is 211 Å².